The van der Waals surface area contributed by atoms with Gasteiger partial charge in [0.1, 0.15) is 24.4 Å². The molecule has 0 radical (unpaired) electrons. The van der Waals surface area contributed by atoms with Crippen molar-refractivity contribution in [1.29, 1.82) is 0 Å². The van der Waals surface area contributed by atoms with Crippen LogP contribution in [0.2, 0.25) is 0 Å². The maximum Gasteiger partial charge on any atom is 0.410 e. The van der Waals surface area contributed by atoms with Gasteiger partial charge in [-0.3, -0.25) is 4.98 Å². The second kappa shape index (κ2) is 11.2. The lowest BCUT2D eigenvalue weighted by Gasteiger charge is -2.31. The maximum absolute atomic E-state index is 14.8. The molecular formula is C23H25ClF2N6O3. The molecule has 12 heteroatoms. The van der Waals surface area contributed by atoms with Gasteiger partial charge in [0, 0.05) is 25.4 Å². The van der Waals surface area contributed by atoms with Crippen molar-refractivity contribution in [2.45, 2.75) is 33.5 Å². The third-order valence-corrected chi connectivity index (χ3v) is 5.30. The lowest BCUT2D eigenvalue weighted by Crippen LogP contribution is -2.39. The van der Waals surface area contributed by atoms with Crippen molar-refractivity contribution in [3.63, 3.8) is 0 Å². The van der Waals surface area contributed by atoms with Gasteiger partial charge in [0.15, 0.2) is 11.6 Å². The van der Waals surface area contributed by atoms with Crippen LogP contribution < -0.4 is 4.74 Å². The summed E-state index contributed by atoms with van der Waals surface area (Å²) >= 11 is 0. The van der Waals surface area contributed by atoms with Gasteiger partial charge in [0.05, 0.1) is 11.8 Å². The monoisotopic (exact) mass is 506 g/mol. The molecule has 0 spiro atoms. The first-order valence-corrected chi connectivity index (χ1v) is 10.8. The standard InChI is InChI=1S/C23H24F2N6O3.ClH/c1-14(2)34-23(32)30-7-6-18(15(3)11-30)16-8-19(24)21(26-10-16)12-33-22-5-4-17(9-20(22)25)31-13-27-28-29-31;/h4-6,8-10,13-15H,7,11-12H2,1-3H3;1H. The average molecular weight is 507 g/mol. The molecule has 0 saturated carbocycles. The van der Waals surface area contributed by atoms with Crippen LogP contribution in [0.25, 0.3) is 11.3 Å². The third-order valence-electron chi connectivity index (χ3n) is 5.30. The largest absolute Gasteiger partial charge is 0.484 e. The number of hydrogen-bond acceptors (Lipinski definition) is 7. The van der Waals surface area contributed by atoms with Gasteiger partial charge in [-0.2, -0.15) is 0 Å². The van der Waals surface area contributed by atoms with Crippen LogP contribution in [-0.4, -0.2) is 55.4 Å². The fraction of sp³-hybridized carbons (Fsp3) is 0.348. The molecule has 0 aliphatic carbocycles. The van der Waals surface area contributed by atoms with Crippen molar-refractivity contribution < 1.29 is 23.0 Å². The van der Waals surface area contributed by atoms with E-state index in [1.165, 1.54) is 29.2 Å². The highest BCUT2D eigenvalue weighted by molar-refractivity contribution is 5.85. The van der Waals surface area contributed by atoms with E-state index in [1.54, 1.807) is 31.0 Å². The quantitative estimate of drug-likeness (QED) is 0.494. The minimum atomic E-state index is -0.633. The van der Waals surface area contributed by atoms with Crippen molar-refractivity contribution in [2.24, 2.45) is 5.92 Å². The van der Waals surface area contributed by atoms with Crippen molar-refractivity contribution in [3.05, 3.63) is 65.8 Å². The molecule has 1 aromatic carbocycles. The molecule has 0 bridgehead atoms. The molecule has 2 aromatic heterocycles. The highest BCUT2D eigenvalue weighted by atomic mass is 35.5. The Bertz CT molecular complexity index is 1210. The van der Waals surface area contributed by atoms with Gasteiger partial charge >= 0.3 is 6.09 Å². The van der Waals surface area contributed by atoms with Gasteiger partial charge in [0.25, 0.3) is 0 Å². The number of pyridine rings is 1. The fourth-order valence-corrected chi connectivity index (χ4v) is 3.65. The van der Waals surface area contributed by atoms with Gasteiger partial charge in [-0.1, -0.05) is 13.0 Å². The lowest BCUT2D eigenvalue weighted by atomic mass is 9.91. The normalized spacial score (nSPS) is 15.4. The van der Waals surface area contributed by atoms with Gasteiger partial charge < -0.3 is 14.4 Å². The van der Waals surface area contributed by atoms with E-state index in [2.05, 4.69) is 20.5 Å². The Morgan fingerprint density at radius 2 is 2.03 bits per heavy atom. The van der Waals surface area contributed by atoms with Crippen LogP contribution in [-0.2, 0) is 11.3 Å². The topological polar surface area (TPSA) is 95.3 Å². The van der Waals surface area contributed by atoms with Crippen LogP contribution in [0, 0.1) is 17.6 Å². The van der Waals surface area contributed by atoms with E-state index in [9.17, 15) is 13.6 Å². The van der Waals surface area contributed by atoms with E-state index in [0.29, 0.717) is 24.3 Å². The molecule has 1 aliphatic rings. The first kappa shape index (κ1) is 26.0. The smallest absolute Gasteiger partial charge is 0.410 e. The predicted molar refractivity (Wildman–Crippen MR) is 125 cm³/mol. The number of nitrogens with zero attached hydrogens (tertiary/aromatic N) is 6. The molecule has 9 nitrogen and oxygen atoms in total. The summed E-state index contributed by atoms with van der Waals surface area (Å²) in [6, 6.07) is 5.60. The molecule has 1 unspecified atom stereocenters. The highest BCUT2D eigenvalue weighted by Crippen LogP contribution is 2.29. The zero-order valence-corrected chi connectivity index (χ0v) is 20.2. The van der Waals surface area contributed by atoms with Crippen LogP contribution in [0.5, 0.6) is 5.75 Å². The summed E-state index contributed by atoms with van der Waals surface area (Å²) in [7, 11) is 0. The van der Waals surface area contributed by atoms with Crippen molar-refractivity contribution >= 4 is 24.1 Å². The molecule has 3 aromatic rings. The minimum Gasteiger partial charge on any atom is -0.484 e. The van der Waals surface area contributed by atoms with Crippen LogP contribution in [0.3, 0.4) is 0 Å². The van der Waals surface area contributed by atoms with E-state index >= 15 is 0 Å². The molecular weight excluding hydrogens is 482 g/mol. The van der Waals surface area contributed by atoms with Crippen LogP contribution in [0.4, 0.5) is 13.6 Å². The number of carbonyl (C=O) groups is 1. The summed E-state index contributed by atoms with van der Waals surface area (Å²) < 4.78 is 41.1. The van der Waals surface area contributed by atoms with E-state index in [4.69, 9.17) is 9.47 Å². The van der Waals surface area contributed by atoms with Crippen LogP contribution in [0.15, 0.2) is 42.9 Å². The fourth-order valence-electron chi connectivity index (χ4n) is 3.65. The molecule has 0 saturated heterocycles. The van der Waals surface area contributed by atoms with Gasteiger partial charge in [0.2, 0.25) is 0 Å². The Morgan fingerprint density at radius 1 is 1.23 bits per heavy atom. The zero-order valence-electron chi connectivity index (χ0n) is 19.4. The summed E-state index contributed by atoms with van der Waals surface area (Å²) in [5.74, 6) is -1.26. The molecule has 4 rings (SSSR count). The number of benzene rings is 1. The first-order valence-electron chi connectivity index (χ1n) is 10.8. The van der Waals surface area contributed by atoms with Gasteiger partial charge in [-0.25, -0.2) is 18.3 Å². The molecule has 0 N–H and O–H groups in total. The van der Waals surface area contributed by atoms with Crippen LogP contribution >= 0.6 is 12.4 Å². The Morgan fingerprint density at radius 3 is 2.66 bits per heavy atom. The summed E-state index contributed by atoms with van der Waals surface area (Å²) in [6.45, 7) is 6.15. The number of tetrazole rings is 1. The predicted octanol–water partition coefficient (Wildman–Crippen LogP) is 4.22. The summed E-state index contributed by atoms with van der Waals surface area (Å²) in [4.78, 5) is 17.9. The number of rotatable bonds is 6. The number of aromatic nitrogens is 5. The first-order chi connectivity index (χ1) is 16.3. The molecule has 0 fully saturated rings. The van der Waals surface area contributed by atoms with E-state index in [0.717, 1.165) is 5.57 Å². The average Bonchev–Trinajstić information content (AvgIpc) is 3.33. The molecule has 1 aliphatic heterocycles. The molecule has 186 valence electrons. The third kappa shape index (κ3) is 6.10. The Labute approximate surface area is 207 Å². The minimum absolute atomic E-state index is 0. The highest BCUT2D eigenvalue weighted by Gasteiger charge is 2.25. The number of halogens is 3. The molecule has 3 heterocycles. The van der Waals surface area contributed by atoms with E-state index in [1.807, 2.05) is 13.0 Å². The second-order valence-corrected chi connectivity index (χ2v) is 8.21. The van der Waals surface area contributed by atoms with Gasteiger partial charge in [-0.15, -0.1) is 17.5 Å². The molecule has 1 amide bonds. The Kier molecular flexibility index (Phi) is 8.34. The Balaban J connectivity index is 0.00000342. The zero-order chi connectivity index (χ0) is 24.2. The van der Waals surface area contributed by atoms with Crippen molar-refractivity contribution in [3.8, 4) is 11.4 Å². The van der Waals surface area contributed by atoms with Crippen molar-refractivity contribution in [2.75, 3.05) is 13.1 Å². The summed E-state index contributed by atoms with van der Waals surface area (Å²) in [5.41, 5.74) is 2.01. The van der Waals surface area contributed by atoms with Gasteiger partial charge in [-0.05, 0) is 59.5 Å². The Hall–Kier alpha value is -3.60. The number of carbonyl (C=O) groups excluding carboxylic acids is 1. The van der Waals surface area contributed by atoms with Crippen molar-refractivity contribution in [1.82, 2.24) is 30.1 Å². The molecule has 1 atom stereocenters. The second-order valence-electron chi connectivity index (χ2n) is 8.21. The van der Waals surface area contributed by atoms with Crippen LogP contribution in [0.1, 0.15) is 32.0 Å². The lowest BCUT2D eigenvalue weighted by molar-refractivity contribution is 0.0769. The summed E-state index contributed by atoms with van der Waals surface area (Å²) in [5, 5.41) is 10.7. The number of hydrogen-bond donors (Lipinski definition) is 0. The SMILES string of the molecule is CC(C)OC(=O)N1CC=C(c2cnc(COc3ccc(-n4cnnn4)cc3F)c(F)c2)C(C)C1.Cl. The molecule has 35 heavy (non-hydrogen) atoms. The summed E-state index contributed by atoms with van der Waals surface area (Å²) in [6.07, 6.45) is 4.21. The maximum atomic E-state index is 14.8. The van der Waals surface area contributed by atoms with E-state index < -0.39 is 11.6 Å². The van der Waals surface area contributed by atoms with E-state index in [-0.39, 0.29) is 48.6 Å². The number of ether oxygens (including phenoxy) is 2. The number of amides is 1.